The molecule has 0 radical (unpaired) electrons. The van der Waals surface area contributed by atoms with Gasteiger partial charge < -0.3 is 10.2 Å². The van der Waals surface area contributed by atoms with Gasteiger partial charge in [-0.05, 0) is 17.4 Å². The molecule has 2 nitrogen and oxygen atoms in total. The fraction of sp³-hybridized carbons (Fsp3) is 0.600. The van der Waals surface area contributed by atoms with Gasteiger partial charge in [-0.1, -0.05) is 58.0 Å². The van der Waals surface area contributed by atoms with E-state index in [0.29, 0.717) is 0 Å². The van der Waals surface area contributed by atoms with Crippen molar-refractivity contribution in [2.45, 2.75) is 39.9 Å². The molecule has 1 aromatic carbocycles. The van der Waals surface area contributed by atoms with Crippen LogP contribution < -0.4 is 0 Å². The Balaban J connectivity index is 2.92. The van der Waals surface area contributed by atoms with E-state index in [-0.39, 0.29) is 17.8 Å². The van der Waals surface area contributed by atoms with Crippen molar-refractivity contribution in [3.05, 3.63) is 35.9 Å². The van der Waals surface area contributed by atoms with Gasteiger partial charge in [0, 0.05) is 5.92 Å². The smallest absolute Gasteiger partial charge is 0.0845 e. The summed E-state index contributed by atoms with van der Waals surface area (Å²) in [6, 6.07) is 9.58. The molecule has 96 valence electrons. The first-order chi connectivity index (χ1) is 7.95. The first-order valence-corrected chi connectivity index (χ1v) is 6.36. The Morgan fingerprint density at radius 2 is 1.35 bits per heavy atom. The lowest BCUT2D eigenvalue weighted by atomic mass is 9.78. The van der Waals surface area contributed by atoms with Crippen molar-refractivity contribution in [1.82, 2.24) is 0 Å². The third kappa shape index (κ3) is 3.55. The quantitative estimate of drug-likeness (QED) is 0.825. The Labute approximate surface area is 104 Å². The lowest BCUT2D eigenvalue weighted by molar-refractivity contribution is -0.0344. The van der Waals surface area contributed by atoms with Crippen molar-refractivity contribution in [2.24, 2.45) is 17.8 Å². The summed E-state index contributed by atoms with van der Waals surface area (Å²) in [5.41, 5.74) is 0.880. The fourth-order valence-electron chi connectivity index (χ4n) is 2.26. The topological polar surface area (TPSA) is 40.5 Å². The van der Waals surface area contributed by atoms with Crippen LogP contribution in [0.3, 0.4) is 0 Å². The first-order valence-electron chi connectivity index (χ1n) is 6.36. The van der Waals surface area contributed by atoms with Crippen LogP contribution in [0.2, 0.25) is 0 Å². The number of rotatable bonds is 5. The summed E-state index contributed by atoms with van der Waals surface area (Å²) in [7, 11) is 0. The Hall–Kier alpha value is -0.860. The largest absolute Gasteiger partial charge is 0.392 e. The highest BCUT2D eigenvalue weighted by Crippen LogP contribution is 2.33. The highest BCUT2D eigenvalue weighted by Gasteiger charge is 2.32. The minimum absolute atomic E-state index is 0.127. The molecule has 1 aromatic rings. The molecule has 2 N–H and O–H groups in total. The summed E-state index contributed by atoms with van der Waals surface area (Å²) in [5, 5.41) is 20.6. The lowest BCUT2D eigenvalue weighted by Crippen LogP contribution is -2.34. The van der Waals surface area contributed by atoms with Crippen LogP contribution in [0.5, 0.6) is 0 Å². The summed E-state index contributed by atoms with van der Waals surface area (Å²) >= 11 is 0. The predicted molar refractivity (Wildman–Crippen MR) is 70.6 cm³/mol. The molecule has 2 heteroatoms. The maximum atomic E-state index is 10.4. The normalized spacial score (nSPS) is 17.2. The van der Waals surface area contributed by atoms with Gasteiger partial charge in [0.05, 0.1) is 12.2 Å². The van der Waals surface area contributed by atoms with Crippen LogP contribution >= 0.6 is 0 Å². The van der Waals surface area contributed by atoms with Gasteiger partial charge in [0.25, 0.3) is 0 Å². The predicted octanol–water partition coefficient (Wildman–Crippen LogP) is 3.01. The Kier molecular flexibility index (Phi) is 5.16. The van der Waals surface area contributed by atoms with Gasteiger partial charge in [-0.25, -0.2) is 0 Å². The minimum atomic E-state index is -0.603. The molecule has 0 unspecified atom stereocenters. The van der Waals surface area contributed by atoms with Crippen molar-refractivity contribution < 1.29 is 10.2 Å². The third-order valence-electron chi connectivity index (χ3n) is 3.35. The molecule has 0 amide bonds. The standard InChI is InChI=1S/C15H24O2/c1-10(2)13(14(16)11(3)4)15(17)12-8-6-5-7-9-12/h5-11,13-17H,1-4H3/t13-,14-,15-/m1/s1. The molecule has 0 aliphatic heterocycles. The highest BCUT2D eigenvalue weighted by molar-refractivity contribution is 5.18. The van der Waals surface area contributed by atoms with Crippen molar-refractivity contribution in [2.75, 3.05) is 0 Å². The van der Waals surface area contributed by atoms with E-state index < -0.39 is 12.2 Å². The zero-order valence-corrected chi connectivity index (χ0v) is 11.2. The summed E-state index contributed by atoms with van der Waals surface area (Å²) in [5.74, 6) is 0.265. The number of benzene rings is 1. The summed E-state index contributed by atoms with van der Waals surface area (Å²) in [4.78, 5) is 0. The van der Waals surface area contributed by atoms with Crippen molar-refractivity contribution in [3.8, 4) is 0 Å². The molecule has 3 atom stereocenters. The highest BCUT2D eigenvalue weighted by atomic mass is 16.3. The average molecular weight is 236 g/mol. The van der Waals surface area contributed by atoms with Crippen LogP contribution in [0.1, 0.15) is 39.4 Å². The van der Waals surface area contributed by atoms with E-state index in [9.17, 15) is 10.2 Å². The molecular formula is C15H24O2. The summed E-state index contributed by atoms with van der Waals surface area (Å²) in [6.07, 6.45) is -1.08. The molecule has 0 aliphatic rings. The second-order valence-electron chi connectivity index (χ2n) is 5.41. The van der Waals surface area contributed by atoms with Gasteiger partial charge in [0.15, 0.2) is 0 Å². The van der Waals surface area contributed by atoms with Gasteiger partial charge in [-0.3, -0.25) is 0 Å². The van der Waals surface area contributed by atoms with E-state index in [1.54, 1.807) is 0 Å². The number of aliphatic hydroxyl groups is 2. The maximum absolute atomic E-state index is 10.4. The Morgan fingerprint density at radius 3 is 1.76 bits per heavy atom. The zero-order chi connectivity index (χ0) is 13.0. The summed E-state index contributed by atoms with van der Waals surface area (Å²) < 4.78 is 0. The van der Waals surface area contributed by atoms with E-state index in [4.69, 9.17) is 0 Å². The molecule has 0 saturated carbocycles. The van der Waals surface area contributed by atoms with Crippen molar-refractivity contribution >= 4 is 0 Å². The average Bonchev–Trinajstić information content (AvgIpc) is 2.29. The SMILES string of the molecule is CC(C)[C@@H]([C@H](O)c1ccccc1)[C@H](O)C(C)C. The van der Waals surface area contributed by atoms with Crippen LogP contribution in [-0.2, 0) is 0 Å². The Morgan fingerprint density at radius 1 is 0.824 bits per heavy atom. The number of aliphatic hydroxyl groups excluding tert-OH is 2. The molecule has 0 aliphatic carbocycles. The second kappa shape index (κ2) is 6.18. The second-order valence-corrected chi connectivity index (χ2v) is 5.41. The van der Waals surface area contributed by atoms with Crippen LogP contribution in [0.4, 0.5) is 0 Å². The monoisotopic (exact) mass is 236 g/mol. The van der Waals surface area contributed by atoms with Gasteiger partial charge in [0.2, 0.25) is 0 Å². The van der Waals surface area contributed by atoms with Gasteiger partial charge in [0.1, 0.15) is 0 Å². The van der Waals surface area contributed by atoms with E-state index >= 15 is 0 Å². The maximum Gasteiger partial charge on any atom is 0.0845 e. The van der Waals surface area contributed by atoms with E-state index in [2.05, 4.69) is 0 Å². The lowest BCUT2D eigenvalue weighted by Gasteiger charge is -2.33. The van der Waals surface area contributed by atoms with Crippen molar-refractivity contribution in [1.29, 1.82) is 0 Å². The molecule has 0 bridgehead atoms. The molecule has 17 heavy (non-hydrogen) atoms. The minimum Gasteiger partial charge on any atom is -0.392 e. The van der Waals surface area contributed by atoms with Crippen molar-refractivity contribution in [3.63, 3.8) is 0 Å². The molecule has 1 rings (SSSR count). The van der Waals surface area contributed by atoms with Crippen LogP contribution in [-0.4, -0.2) is 16.3 Å². The van der Waals surface area contributed by atoms with Crippen LogP contribution in [0.25, 0.3) is 0 Å². The third-order valence-corrected chi connectivity index (χ3v) is 3.35. The van der Waals surface area contributed by atoms with E-state index in [0.717, 1.165) is 5.56 Å². The summed E-state index contributed by atoms with van der Waals surface area (Å²) in [6.45, 7) is 8.06. The Bertz CT molecular complexity index is 319. The number of hydrogen-bond acceptors (Lipinski definition) is 2. The molecule has 0 fully saturated rings. The fourth-order valence-corrected chi connectivity index (χ4v) is 2.26. The van der Waals surface area contributed by atoms with Gasteiger partial charge >= 0.3 is 0 Å². The van der Waals surface area contributed by atoms with E-state index in [1.807, 2.05) is 58.0 Å². The van der Waals surface area contributed by atoms with Crippen LogP contribution in [0.15, 0.2) is 30.3 Å². The number of hydrogen-bond donors (Lipinski definition) is 2. The molecule has 0 aromatic heterocycles. The molecule has 0 spiro atoms. The molecular weight excluding hydrogens is 212 g/mol. The zero-order valence-electron chi connectivity index (χ0n) is 11.2. The van der Waals surface area contributed by atoms with Gasteiger partial charge in [-0.2, -0.15) is 0 Å². The van der Waals surface area contributed by atoms with E-state index in [1.165, 1.54) is 0 Å². The first kappa shape index (κ1) is 14.2. The van der Waals surface area contributed by atoms with Crippen LogP contribution in [0, 0.1) is 17.8 Å². The molecule has 0 saturated heterocycles. The van der Waals surface area contributed by atoms with Gasteiger partial charge in [-0.15, -0.1) is 0 Å². The molecule has 0 heterocycles.